The summed E-state index contributed by atoms with van der Waals surface area (Å²) in [5.74, 6) is 2.90. The van der Waals surface area contributed by atoms with Crippen molar-refractivity contribution in [3.05, 3.63) is 46.5 Å². The van der Waals surface area contributed by atoms with Gasteiger partial charge >= 0.3 is 0 Å². The van der Waals surface area contributed by atoms with E-state index < -0.39 is 0 Å². The number of amides is 1. The molecule has 1 amide bonds. The van der Waals surface area contributed by atoms with E-state index in [2.05, 4.69) is 10.1 Å². The molecule has 0 radical (unpaired) electrons. The topological polar surface area (TPSA) is 77.7 Å². The number of hydrogen-bond donors (Lipinski definition) is 0. The van der Waals surface area contributed by atoms with Crippen molar-refractivity contribution in [3.63, 3.8) is 0 Å². The summed E-state index contributed by atoms with van der Waals surface area (Å²) in [4.78, 5) is 19.4. The van der Waals surface area contributed by atoms with E-state index in [1.807, 2.05) is 21.7 Å². The smallest absolute Gasteiger partial charge is 0.254 e. The predicted molar refractivity (Wildman–Crippen MR) is 103 cm³/mol. The Hall–Kier alpha value is -2.87. The summed E-state index contributed by atoms with van der Waals surface area (Å²) in [5.41, 5.74) is 1.60. The minimum Gasteiger partial charge on any atom is -0.454 e. The van der Waals surface area contributed by atoms with Gasteiger partial charge in [0.1, 0.15) is 0 Å². The Kier molecular flexibility index (Phi) is 4.48. The van der Waals surface area contributed by atoms with Gasteiger partial charge in [-0.3, -0.25) is 4.79 Å². The van der Waals surface area contributed by atoms with Gasteiger partial charge in [-0.25, -0.2) is 0 Å². The average Bonchev–Trinajstić information content (AvgIpc) is 3.47. The summed E-state index contributed by atoms with van der Waals surface area (Å²) >= 11 is 1.61. The average molecular weight is 397 g/mol. The number of piperidine rings is 1. The number of fused-ring (bicyclic) bond motifs is 1. The van der Waals surface area contributed by atoms with Crippen molar-refractivity contribution in [2.24, 2.45) is 5.92 Å². The van der Waals surface area contributed by atoms with Crippen LogP contribution in [0.15, 0.2) is 39.5 Å². The summed E-state index contributed by atoms with van der Waals surface area (Å²) in [7, 11) is 0. The number of likely N-dealkylation sites (tertiary alicyclic amines) is 1. The molecule has 1 saturated heterocycles. The molecule has 3 aromatic rings. The number of benzene rings is 1. The quantitative estimate of drug-likeness (QED) is 0.669. The number of carbonyl (C=O) groups is 1. The van der Waals surface area contributed by atoms with Gasteiger partial charge in [-0.2, -0.15) is 16.3 Å². The monoisotopic (exact) mass is 397 g/mol. The van der Waals surface area contributed by atoms with Crippen molar-refractivity contribution in [1.82, 2.24) is 15.0 Å². The number of carbonyl (C=O) groups excluding carboxylic acids is 1. The lowest BCUT2D eigenvalue weighted by Gasteiger charge is -2.32. The van der Waals surface area contributed by atoms with Gasteiger partial charge in [0.25, 0.3) is 5.91 Å². The highest BCUT2D eigenvalue weighted by atomic mass is 32.1. The van der Waals surface area contributed by atoms with Gasteiger partial charge in [0, 0.05) is 36.0 Å². The highest BCUT2D eigenvalue weighted by Gasteiger charge is 2.27. The number of nitrogens with zero attached hydrogens (tertiary/aromatic N) is 3. The Labute approximate surface area is 165 Å². The molecule has 0 bridgehead atoms. The van der Waals surface area contributed by atoms with E-state index in [1.165, 1.54) is 0 Å². The molecule has 5 rings (SSSR count). The highest BCUT2D eigenvalue weighted by Crippen LogP contribution is 2.33. The van der Waals surface area contributed by atoms with Crippen molar-refractivity contribution in [2.45, 2.75) is 19.3 Å². The van der Waals surface area contributed by atoms with E-state index in [0.29, 0.717) is 47.7 Å². The lowest BCUT2D eigenvalue weighted by atomic mass is 9.94. The van der Waals surface area contributed by atoms with Crippen molar-refractivity contribution < 1.29 is 18.8 Å². The van der Waals surface area contributed by atoms with E-state index in [9.17, 15) is 4.79 Å². The molecule has 144 valence electrons. The molecular formula is C20H19N3O4S. The first-order chi connectivity index (χ1) is 13.8. The Balaban J connectivity index is 1.25. The summed E-state index contributed by atoms with van der Waals surface area (Å²) in [6.07, 6.45) is 2.69. The maximum atomic E-state index is 12.9. The van der Waals surface area contributed by atoms with Crippen molar-refractivity contribution in [2.75, 3.05) is 19.9 Å². The van der Waals surface area contributed by atoms with Crippen LogP contribution in [0.1, 0.15) is 29.1 Å². The molecule has 1 unspecified atom stereocenters. The van der Waals surface area contributed by atoms with E-state index in [1.54, 1.807) is 29.5 Å². The Morgan fingerprint density at radius 1 is 1.25 bits per heavy atom. The molecule has 0 aliphatic carbocycles. The van der Waals surface area contributed by atoms with E-state index in [4.69, 9.17) is 14.0 Å². The molecule has 2 aliphatic rings. The van der Waals surface area contributed by atoms with Crippen LogP contribution in [0, 0.1) is 5.92 Å². The van der Waals surface area contributed by atoms with E-state index in [0.717, 1.165) is 24.9 Å². The third-order valence-electron chi connectivity index (χ3n) is 5.14. The van der Waals surface area contributed by atoms with Gasteiger partial charge in [0.2, 0.25) is 18.5 Å². The van der Waals surface area contributed by atoms with Gasteiger partial charge < -0.3 is 18.9 Å². The fourth-order valence-corrected chi connectivity index (χ4v) is 4.36. The maximum Gasteiger partial charge on any atom is 0.254 e. The second kappa shape index (κ2) is 7.27. The molecule has 1 fully saturated rings. The van der Waals surface area contributed by atoms with Crippen LogP contribution in [0.5, 0.6) is 11.5 Å². The molecule has 8 heteroatoms. The largest absolute Gasteiger partial charge is 0.454 e. The molecule has 0 N–H and O–H groups in total. The Bertz CT molecular complexity index is 985. The molecule has 28 heavy (non-hydrogen) atoms. The Morgan fingerprint density at radius 3 is 3.07 bits per heavy atom. The Morgan fingerprint density at radius 2 is 2.18 bits per heavy atom. The van der Waals surface area contributed by atoms with Crippen LogP contribution >= 0.6 is 11.3 Å². The second-order valence-corrected chi connectivity index (χ2v) is 7.84. The number of aromatic nitrogens is 2. The van der Waals surface area contributed by atoms with Gasteiger partial charge in [-0.05, 0) is 48.4 Å². The molecule has 2 aromatic heterocycles. The second-order valence-electron chi connectivity index (χ2n) is 7.06. The third-order valence-corrected chi connectivity index (χ3v) is 5.82. The van der Waals surface area contributed by atoms with Crippen LogP contribution in [0.4, 0.5) is 0 Å². The van der Waals surface area contributed by atoms with Gasteiger partial charge in [-0.15, -0.1) is 0 Å². The van der Waals surface area contributed by atoms with Crippen LogP contribution in [0.25, 0.3) is 11.4 Å². The summed E-state index contributed by atoms with van der Waals surface area (Å²) in [5, 5.41) is 8.07. The van der Waals surface area contributed by atoms with Crippen molar-refractivity contribution >= 4 is 17.2 Å². The van der Waals surface area contributed by atoms with Gasteiger partial charge in [-0.1, -0.05) is 5.16 Å². The molecule has 1 aromatic carbocycles. The first kappa shape index (κ1) is 17.2. The first-order valence-corrected chi connectivity index (χ1v) is 10.2. The zero-order valence-corrected chi connectivity index (χ0v) is 16.0. The number of hydrogen-bond acceptors (Lipinski definition) is 7. The predicted octanol–water partition coefficient (Wildman–Crippen LogP) is 3.62. The fraction of sp³-hybridized carbons (Fsp3) is 0.350. The van der Waals surface area contributed by atoms with Crippen molar-refractivity contribution in [3.8, 4) is 22.9 Å². The minimum atomic E-state index is 0.0208. The molecule has 4 heterocycles. The molecular weight excluding hydrogens is 378 g/mol. The lowest BCUT2D eigenvalue weighted by molar-refractivity contribution is 0.0667. The van der Waals surface area contributed by atoms with Crippen LogP contribution in [0.3, 0.4) is 0 Å². The van der Waals surface area contributed by atoms with Gasteiger partial charge in [0.15, 0.2) is 11.5 Å². The maximum absolute atomic E-state index is 12.9. The zero-order valence-electron chi connectivity index (χ0n) is 15.2. The van der Waals surface area contributed by atoms with Crippen LogP contribution < -0.4 is 9.47 Å². The summed E-state index contributed by atoms with van der Waals surface area (Å²) in [6.45, 7) is 1.65. The van der Waals surface area contributed by atoms with E-state index >= 15 is 0 Å². The highest BCUT2D eigenvalue weighted by molar-refractivity contribution is 7.08. The fourth-order valence-electron chi connectivity index (χ4n) is 3.72. The molecule has 7 nitrogen and oxygen atoms in total. The van der Waals surface area contributed by atoms with E-state index in [-0.39, 0.29) is 12.7 Å². The van der Waals surface area contributed by atoms with Crippen LogP contribution in [0.2, 0.25) is 0 Å². The minimum absolute atomic E-state index is 0.0208. The molecule has 0 saturated carbocycles. The van der Waals surface area contributed by atoms with Gasteiger partial charge in [0.05, 0.1) is 0 Å². The van der Waals surface area contributed by atoms with Crippen LogP contribution in [-0.2, 0) is 6.42 Å². The van der Waals surface area contributed by atoms with Crippen molar-refractivity contribution in [1.29, 1.82) is 0 Å². The first-order valence-electron chi connectivity index (χ1n) is 9.30. The SMILES string of the molecule is O=C(c1ccc2c(c1)OCO2)N1CCCC(Cc2nc(-c3ccsc3)no2)C1. The molecule has 2 aliphatic heterocycles. The standard InChI is InChI=1S/C20H19N3O4S/c24-20(14-3-4-16-17(9-14)26-12-25-16)23-6-1-2-13(10-23)8-18-21-19(22-27-18)15-5-7-28-11-15/h3-5,7,9,11,13H,1-2,6,8,10,12H2. The third kappa shape index (κ3) is 3.35. The molecule has 1 atom stereocenters. The molecule has 0 spiro atoms. The number of rotatable bonds is 4. The lowest BCUT2D eigenvalue weighted by Crippen LogP contribution is -2.40. The number of ether oxygens (including phenoxy) is 2. The normalized spacial score (nSPS) is 18.4. The van der Waals surface area contributed by atoms with Crippen LogP contribution in [-0.4, -0.2) is 40.8 Å². The number of thiophene rings is 1. The summed E-state index contributed by atoms with van der Waals surface area (Å²) < 4.78 is 16.1. The zero-order chi connectivity index (χ0) is 18.9. The summed E-state index contributed by atoms with van der Waals surface area (Å²) in [6, 6.07) is 7.33.